The fraction of sp³-hybridized carbons (Fsp3) is 0.647. The van der Waals surface area contributed by atoms with Crippen molar-refractivity contribution in [3.63, 3.8) is 0 Å². The Morgan fingerprint density at radius 3 is 2.30 bits per heavy atom. The summed E-state index contributed by atoms with van der Waals surface area (Å²) in [6.45, 7) is 8.19. The van der Waals surface area contributed by atoms with Crippen molar-refractivity contribution in [2.24, 2.45) is 5.92 Å². The zero-order valence-electron chi connectivity index (χ0n) is 13.7. The first-order chi connectivity index (χ1) is 10.9. The van der Waals surface area contributed by atoms with E-state index in [1.807, 2.05) is 0 Å². The molecular weight excluding hydrogens is 305 g/mol. The zero-order chi connectivity index (χ0) is 16.9. The molecule has 0 aromatic heterocycles. The fourth-order valence-electron chi connectivity index (χ4n) is 3.34. The van der Waals surface area contributed by atoms with E-state index in [4.69, 9.17) is 0 Å². The van der Waals surface area contributed by atoms with Crippen molar-refractivity contribution in [3.8, 4) is 5.75 Å². The number of hydrogen-bond donors (Lipinski definition) is 1. The molecule has 0 radical (unpaired) electrons. The maximum atomic E-state index is 12.3. The highest BCUT2D eigenvalue weighted by Crippen LogP contribution is 2.33. The molecule has 1 aromatic rings. The van der Waals surface area contributed by atoms with E-state index >= 15 is 0 Å². The Hall–Kier alpha value is -1.27. The van der Waals surface area contributed by atoms with Gasteiger partial charge in [0.25, 0.3) is 0 Å². The SMILES string of the molecule is CCCC(C)[C@H](c1ccc(OC(F)(F)F)cc1)N1CCNCC1. The van der Waals surface area contributed by atoms with Gasteiger partial charge in [-0.15, -0.1) is 13.2 Å². The molecule has 130 valence electrons. The minimum atomic E-state index is -4.64. The Bertz CT molecular complexity index is 470. The van der Waals surface area contributed by atoms with Crippen molar-refractivity contribution in [1.82, 2.24) is 10.2 Å². The van der Waals surface area contributed by atoms with Crippen molar-refractivity contribution < 1.29 is 17.9 Å². The molecule has 23 heavy (non-hydrogen) atoms. The van der Waals surface area contributed by atoms with E-state index in [0.717, 1.165) is 44.6 Å². The van der Waals surface area contributed by atoms with E-state index in [-0.39, 0.29) is 11.8 Å². The second-order valence-corrected chi connectivity index (χ2v) is 6.11. The van der Waals surface area contributed by atoms with Gasteiger partial charge in [-0.1, -0.05) is 32.4 Å². The predicted molar refractivity (Wildman–Crippen MR) is 84.4 cm³/mol. The molecule has 1 aliphatic heterocycles. The summed E-state index contributed by atoms with van der Waals surface area (Å²) in [5, 5.41) is 3.34. The summed E-state index contributed by atoms with van der Waals surface area (Å²) in [4.78, 5) is 2.43. The molecule has 3 nitrogen and oxygen atoms in total. The van der Waals surface area contributed by atoms with Crippen molar-refractivity contribution in [2.75, 3.05) is 26.2 Å². The van der Waals surface area contributed by atoms with Gasteiger partial charge in [0.15, 0.2) is 0 Å². The summed E-state index contributed by atoms with van der Waals surface area (Å²) in [6.07, 6.45) is -2.45. The molecule has 1 aromatic carbocycles. The third-order valence-corrected chi connectivity index (χ3v) is 4.28. The van der Waals surface area contributed by atoms with Gasteiger partial charge in [0.05, 0.1) is 0 Å². The Balaban J connectivity index is 2.17. The summed E-state index contributed by atoms with van der Waals surface area (Å²) in [5.74, 6) is 0.288. The number of hydrogen-bond acceptors (Lipinski definition) is 3. The molecule has 1 heterocycles. The zero-order valence-corrected chi connectivity index (χ0v) is 13.7. The van der Waals surface area contributed by atoms with Gasteiger partial charge < -0.3 is 10.1 Å². The maximum Gasteiger partial charge on any atom is 0.573 e. The van der Waals surface area contributed by atoms with Gasteiger partial charge >= 0.3 is 6.36 Å². The van der Waals surface area contributed by atoms with Crippen LogP contribution in [0.4, 0.5) is 13.2 Å². The summed E-state index contributed by atoms with van der Waals surface area (Å²) in [6, 6.07) is 6.59. The van der Waals surface area contributed by atoms with E-state index in [1.165, 1.54) is 12.1 Å². The molecule has 6 heteroatoms. The first-order valence-electron chi connectivity index (χ1n) is 8.21. The van der Waals surface area contributed by atoms with Crippen LogP contribution in [0.5, 0.6) is 5.75 Å². The number of alkyl halides is 3. The van der Waals surface area contributed by atoms with Gasteiger partial charge in [-0.05, 0) is 30.0 Å². The smallest absolute Gasteiger partial charge is 0.406 e. The average molecular weight is 330 g/mol. The summed E-state index contributed by atoms with van der Waals surface area (Å²) >= 11 is 0. The van der Waals surface area contributed by atoms with Gasteiger partial charge in [-0.2, -0.15) is 0 Å². The molecule has 1 N–H and O–H groups in total. The monoisotopic (exact) mass is 330 g/mol. The topological polar surface area (TPSA) is 24.5 Å². The molecule has 2 atom stereocenters. The largest absolute Gasteiger partial charge is 0.573 e. The lowest BCUT2D eigenvalue weighted by molar-refractivity contribution is -0.274. The van der Waals surface area contributed by atoms with Crippen molar-refractivity contribution in [3.05, 3.63) is 29.8 Å². The Morgan fingerprint density at radius 1 is 1.17 bits per heavy atom. The fourth-order valence-corrected chi connectivity index (χ4v) is 3.34. The second kappa shape index (κ2) is 8.02. The Morgan fingerprint density at radius 2 is 1.78 bits per heavy atom. The predicted octanol–water partition coefficient (Wildman–Crippen LogP) is 3.97. The number of halogens is 3. The van der Waals surface area contributed by atoms with Gasteiger partial charge in [0.2, 0.25) is 0 Å². The second-order valence-electron chi connectivity index (χ2n) is 6.11. The molecule has 2 rings (SSSR count). The summed E-state index contributed by atoms with van der Waals surface area (Å²) in [7, 11) is 0. The normalized spacial score (nSPS) is 19.3. The number of nitrogens with zero attached hydrogens (tertiary/aromatic N) is 1. The third kappa shape index (κ3) is 5.39. The van der Waals surface area contributed by atoms with Gasteiger partial charge in [0.1, 0.15) is 5.75 Å². The van der Waals surface area contributed by atoms with E-state index in [0.29, 0.717) is 5.92 Å². The van der Waals surface area contributed by atoms with E-state index in [1.54, 1.807) is 12.1 Å². The van der Waals surface area contributed by atoms with Crippen LogP contribution in [-0.2, 0) is 0 Å². The van der Waals surface area contributed by atoms with Gasteiger partial charge in [-0.3, -0.25) is 4.90 Å². The van der Waals surface area contributed by atoms with Crippen molar-refractivity contribution in [2.45, 2.75) is 39.1 Å². The first kappa shape index (κ1) is 18.1. The summed E-state index contributed by atoms with van der Waals surface area (Å²) < 4.78 is 40.8. The number of ether oxygens (including phenoxy) is 1. The van der Waals surface area contributed by atoms with E-state index in [2.05, 4.69) is 28.8 Å². The molecule has 0 aliphatic carbocycles. The number of nitrogens with one attached hydrogen (secondary N) is 1. The van der Waals surface area contributed by atoms with Crippen LogP contribution in [0.1, 0.15) is 38.3 Å². The quantitative estimate of drug-likeness (QED) is 0.854. The van der Waals surface area contributed by atoms with Crippen LogP contribution < -0.4 is 10.1 Å². The molecule has 1 aliphatic rings. The van der Waals surface area contributed by atoms with Gasteiger partial charge in [-0.25, -0.2) is 0 Å². The average Bonchev–Trinajstić information content (AvgIpc) is 2.49. The third-order valence-electron chi connectivity index (χ3n) is 4.28. The Labute approximate surface area is 135 Å². The van der Waals surface area contributed by atoms with Crippen molar-refractivity contribution >= 4 is 0 Å². The number of benzene rings is 1. The highest BCUT2D eigenvalue weighted by atomic mass is 19.4. The molecule has 1 fully saturated rings. The van der Waals surface area contributed by atoms with Crippen LogP contribution in [0.15, 0.2) is 24.3 Å². The standard InChI is InChI=1S/C17H25F3N2O/c1-3-4-13(2)16(22-11-9-21-10-12-22)14-5-7-15(8-6-14)23-17(18,19)20/h5-8,13,16,21H,3-4,9-12H2,1-2H3/t13?,16-/m1/s1. The molecule has 0 saturated carbocycles. The highest BCUT2D eigenvalue weighted by Gasteiger charge is 2.31. The molecule has 0 spiro atoms. The van der Waals surface area contributed by atoms with Crippen molar-refractivity contribution in [1.29, 1.82) is 0 Å². The van der Waals surface area contributed by atoms with Gasteiger partial charge in [0, 0.05) is 32.2 Å². The van der Waals surface area contributed by atoms with E-state index in [9.17, 15) is 13.2 Å². The summed E-state index contributed by atoms with van der Waals surface area (Å²) in [5.41, 5.74) is 1.06. The van der Waals surface area contributed by atoms with Crippen LogP contribution in [0.2, 0.25) is 0 Å². The Kier molecular flexibility index (Phi) is 6.30. The number of piperazine rings is 1. The minimum Gasteiger partial charge on any atom is -0.406 e. The molecule has 0 bridgehead atoms. The maximum absolute atomic E-state index is 12.3. The molecular formula is C17H25F3N2O. The lowest BCUT2D eigenvalue weighted by atomic mass is 9.89. The molecule has 1 saturated heterocycles. The molecule has 1 unspecified atom stereocenters. The molecule has 0 amide bonds. The van der Waals surface area contributed by atoms with E-state index < -0.39 is 6.36 Å². The lowest BCUT2D eigenvalue weighted by Crippen LogP contribution is -2.46. The van der Waals surface area contributed by atoms with Crippen LogP contribution in [-0.4, -0.2) is 37.4 Å². The van der Waals surface area contributed by atoms with Crippen LogP contribution in [0, 0.1) is 5.92 Å². The van der Waals surface area contributed by atoms with Crippen LogP contribution in [0.25, 0.3) is 0 Å². The number of rotatable bonds is 6. The minimum absolute atomic E-state index is 0.163. The lowest BCUT2D eigenvalue weighted by Gasteiger charge is -2.38. The first-order valence-corrected chi connectivity index (χ1v) is 8.21. The highest BCUT2D eigenvalue weighted by molar-refractivity contribution is 5.30. The van der Waals surface area contributed by atoms with Crippen LogP contribution in [0.3, 0.4) is 0 Å². The van der Waals surface area contributed by atoms with Crippen LogP contribution >= 0.6 is 0 Å².